The van der Waals surface area contributed by atoms with Crippen molar-refractivity contribution in [3.8, 4) is 22.0 Å². The number of para-hydroxylation sites is 1. The molecule has 168 valence electrons. The zero-order valence-corrected chi connectivity index (χ0v) is 19.6. The first-order chi connectivity index (χ1) is 16.7. The number of benzene rings is 2. The summed E-state index contributed by atoms with van der Waals surface area (Å²) in [6.45, 7) is 0.259. The summed E-state index contributed by atoms with van der Waals surface area (Å²) < 4.78 is 5.90. The number of nitrogens with zero attached hydrogens (tertiary/aromatic N) is 4. The predicted octanol–water partition coefficient (Wildman–Crippen LogP) is 6.47. The summed E-state index contributed by atoms with van der Waals surface area (Å²) in [6.07, 6.45) is 1.93. The second-order valence-corrected chi connectivity index (χ2v) is 9.61. The van der Waals surface area contributed by atoms with Crippen molar-refractivity contribution in [2.75, 3.05) is 0 Å². The highest BCUT2D eigenvalue weighted by Crippen LogP contribution is 2.33. The van der Waals surface area contributed by atoms with Gasteiger partial charge in [0.1, 0.15) is 0 Å². The number of halogens is 1. The Hall–Kier alpha value is -3.55. The van der Waals surface area contributed by atoms with Gasteiger partial charge >= 0.3 is 0 Å². The molecule has 1 aliphatic rings. The minimum absolute atomic E-state index is 0.0508. The Morgan fingerprint density at radius 1 is 1.06 bits per heavy atom. The zero-order chi connectivity index (χ0) is 23.1. The van der Waals surface area contributed by atoms with Gasteiger partial charge in [0.25, 0.3) is 5.91 Å². The van der Waals surface area contributed by atoms with Gasteiger partial charge in [-0.25, -0.2) is 4.98 Å². The van der Waals surface area contributed by atoms with Crippen molar-refractivity contribution < 1.29 is 9.21 Å². The molecular formula is C26H19ClN4O2S. The fourth-order valence-electron chi connectivity index (χ4n) is 3.98. The number of hydrogen-bond acceptors (Lipinski definition) is 6. The standard InChI is InChI=1S/C26H19ClN4O2S/c27-17-9-7-16(8-10-17)25-30-29-24(33-25)15-31(18-11-12-18)26(32)20-14-22(23-6-3-13-34-23)28-21-5-2-1-4-19(20)21/h1-10,13-14,18H,11-12,15H2. The molecule has 6 nitrogen and oxygen atoms in total. The number of carbonyl (C=O) groups excluding carboxylic acids is 1. The number of amides is 1. The van der Waals surface area contributed by atoms with Gasteiger partial charge in [-0.3, -0.25) is 4.79 Å². The van der Waals surface area contributed by atoms with Crippen molar-refractivity contribution in [3.63, 3.8) is 0 Å². The van der Waals surface area contributed by atoms with Crippen molar-refractivity contribution in [1.29, 1.82) is 0 Å². The highest BCUT2D eigenvalue weighted by Gasteiger charge is 2.35. The molecule has 0 saturated heterocycles. The summed E-state index contributed by atoms with van der Waals surface area (Å²) in [5.41, 5.74) is 3.03. The Morgan fingerprint density at radius 2 is 1.88 bits per heavy atom. The summed E-state index contributed by atoms with van der Waals surface area (Å²) in [7, 11) is 0. The molecule has 3 heterocycles. The van der Waals surface area contributed by atoms with E-state index in [2.05, 4.69) is 10.2 Å². The Morgan fingerprint density at radius 3 is 2.65 bits per heavy atom. The maximum Gasteiger partial charge on any atom is 0.255 e. The highest BCUT2D eigenvalue weighted by molar-refractivity contribution is 7.13. The van der Waals surface area contributed by atoms with Gasteiger partial charge in [0.2, 0.25) is 11.8 Å². The van der Waals surface area contributed by atoms with Gasteiger partial charge in [0, 0.05) is 22.0 Å². The average Bonchev–Trinajstić information content (AvgIpc) is 3.35. The van der Waals surface area contributed by atoms with Crippen LogP contribution in [0.2, 0.25) is 5.02 Å². The molecule has 1 fully saturated rings. The summed E-state index contributed by atoms with van der Waals surface area (Å²) >= 11 is 7.59. The number of pyridine rings is 1. The molecule has 1 amide bonds. The first-order valence-corrected chi connectivity index (χ1v) is 12.2. The summed E-state index contributed by atoms with van der Waals surface area (Å²) in [4.78, 5) is 21.6. The van der Waals surface area contributed by atoms with Crippen LogP contribution in [-0.2, 0) is 6.54 Å². The molecule has 0 spiro atoms. The summed E-state index contributed by atoms with van der Waals surface area (Å²) in [5.74, 6) is 0.761. The molecule has 0 bridgehead atoms. The van der Waals surface area contributed by atoms with E-state index >= 15 is 0 Å². The molecule has 6 rings (SSSR count). The second-order valence-electron chi connectivity index (χ2n) is 8.22. The Labute approximate surface area is 204 Å². The van der Waals surface area contributed by atoms with E-state index in [4.69, 9.17) is 21.0 Å². The van der Waals surface area contributed by atoms with Gasteiger partial charge in [0.05, 0.1) is 28.2 Å². The van der Waals surface area contributed by atoms with E-state index in [0.29, 0.717) is 22.4 Å². The van der Waals surface area contributed by atoms with E-state index in [1.165, 1.54) is 0 Å². The van der Waals surface area contributed by atoms with Gasteiger partial charge in [-0.2, -0.15) is 0 Å². The molecule has 3 aromatic heterocycles. The Kier molecular flexibility index (Phi) is 5.36. The lowest BCUT2D eigenvalue weighted by Gasteiger charge is -2.22. The van der Waals surface area contributed by atoms with Crippen LogP contribution in [0.4, 0.5) is 0 Å². The van der Waals surface area contributed by atoms with Crippen molar-refractivity contribution in [2.24, 2.45) is 0 Å². The topological polar surface area (TPSA) is 72.1 Å². The highest BCUT2D eigenvalue weighted by atomic mass is 35.5. The molecule has 1 aliphatic carbocycles. The van der Waals surface area contributed by atoms with Gasteiger partial charge in [-0.05, 0) is 60.7 Å². The lowest BCUT2D eigenvalue weighted by atomic mass is 10.1. The smallest absolute Gasteiger partial charge is 0.255 e. The van der Waals surface area contributed by atoms with Crippen LogP contribution in [0, 0.1) is 0 Å². The van der Waals surface area contributed by atoms with Crippen molar-refractivity contribution in [3.05, 3.63) is 88.6 Å². The third kappa shape index (κ3) is 4.08. The molecule has 0 atom stereocenters. The number of carbonyl (C=O) groups is 1. The van der Waals surface area contributed by atoms with E-state index in [-0.39, 0.29) is 18.5 Å². The third-order valence-electron chi connectivity index (χ3n) is 5.83. The number of fused-ring (bicyclic) bond motifs is 1. The monoisotopic (exact) mass is 486 g/mol. The van der Waals surface area contributed by atoms with Gasteiger partial charge < -0.3 is 9.32 Å². The van der Waals surface area contributed by atoms with Gasteiger partial charge in [0.15, 0.2) is 0 Å². The minimum Gasteiger partial charge on any atom is -0.419 e. The average molecular weight is 487 g/mol. The molecule has 34 heavy (non-hydrogen) atoms. The van der Waals surface area contributed by atoms with Crippen LogP contribution in [-0.4, -0.2) is 32.0 Å². The fraction of sp³-hybridized carbons (Fsp3) is 0.154. The largest absolute Gasteiger partial charge is 0.419 e. The molecule has 2 aromatic carbocycles. The molecule has 0 radical (unpaired) electrons. The van der Waals surface area contributed by atoms with E-state index in [1.54, 1.807) is 23.5 Å². The quantitative estimate of drug-likeness (QED) is 0.275. The lowest BCUT2D eigenvalue weighted by molar-refractivity contribution is 0.0716. The van der Waals surface area contributed by atoms with E-state index < -0.39 is 0 Å². The van der Waals surface area contributed by atoms with Crippen molar-refractivity contribution in [2.45, 2.75) is 25.4 Å². The fourth-order valence-corrected chi connectivity index (χ4v) is 4.80. The van der Waals surface area contributed by atoms with Gasteiger partial charge in [-0.1, -0.05) is 35.9 Å². The number of rotatable bonds is 6. The van der Waals surface area contributed by atoms with E-state index in [9.17, 15) is 4.79 Å². The molecule has 8 heteroatoms. The van der Waals surface area contributed by atoms with Crippen LogP contribution in [0.25, 0.3) is 32.9 Å². The molecule has 1 saturated carbocycles. The zero-order valence-electron chi connectivity index (χ0n) is 18.0. The molecule has 0 unspecified atom stereocenters. The van der Waals surface area contributed by atoms with Crippen molar-refractivity contribution in [1.82, 2.24) is 20.1 Å². The van der Waals surface area contributed by atoms with Crippen LogP contribution >= 0.6 is 22.9 Å². The van der Waals surface area contributed by atoms with Crippen LogP contribution in [0.5, 0.6) is 0 Å². The lowest BCUT2D eigenvalue weighted by Crippen LogP contribution is -2.33. The molecule has 0 N–H and O–H groups in total. The normalized spacial score (nSPS) is 13.3. The number of hydrogen-bond donors (Lipinski definition) is 0. The Bertz CT molecular complexity index is 1480. The predicted molar refractivity (Wildman–Crippen MR) is 133 cm³/mol. The van der Waals surface area contributed by atoms with Crippen LogP contribution < -0.4 is 0 Å². The summed E-state index contributed by atoms with van der Waals surface area (Å²) in [5, 5.41) is 11.9. The van der Waals surface area contributed by atoms with E-state index in [0.717, 1.165) is 39.9 Å². The van der Waals surface area contributed by atoms with Crippen LogP contribution in [0.1, 0.15) is 29.1 Å². The second kappa shape index (κ2) is 8.66. The SMILES string of the molecule is O=C(c1cc(-c2cccs2)nc2ccccc12)N(Cc1nnc(-c2ccc(Cl)cc2)o1)C1CC1. The van der Waals surface area contributed by atoms with E-state index in [1.807, 2.05) is 64.9 Å². The summed E-state index contributed by atoms with van der Waals surface area (Å²) in [6, 6.07) is 21.1. The first kappa shape index (κ1) is 21.0. The van der Waals surface area contributed by atoms with Gasteiger partial charge in [-0.15, -0.1) is 21.5 Å². The Balaban J connectivity index is 1.34. The van der Waals surface area contributed by atoms with Crippen LogP contribution in [0.3, 0.4) is 0 Å². The maximum atomic E-state index is 13.9. The minimum atomic E-state index is -0.0508. The third-order valence-corrected chi connectivity index (χ3v) is 6.98. The number of aromatic nitrogens is 3. The van der Waals surface area contributed by atoms with Crippen molar-refractivity contribution >= 4 is 39.7 Å². The first-order valence-electron chi connectivity index (χ1n) is 11.0. The maximum absolute atomic E-state index is 13.9. The molecule has 0 aliphatic heterocycles. The van der Waals surface area contributed by atoms with Crippen LogP contribution in [0.15, 0.2) is 76.5 Å². The number of thiophene rings is 1. The molecular weight excluding hydrogens is 468 g/mol. The molecule has 5 aromatic rings.